The third-order valence-corrected chi connectivity index (χ3v) is 1.12. The molecule has 0 fully saturated rings. The first-order chi connectivity index (χ1) is 5.72. The van der Waals surface area contributed by atoms with Crippen LogP contribution in [0.3, 0.4) is 0 Å². The van der Waals surface area contributed by atoms with E-state index < -0.39 is 23.6 Å². The van der Waals surface area contributed by atoms with Crippen LogP contribution >= 0.6 is 0 Å². The number of ether oxygens (including phenoxy) is 1. The number of carboxylic acids is 1. The monoisotopic (exact) mass is 207 g/mol. The molecule has 0 rings (SSSR count). The molecule has 14 heavy (non-hydrogen) atoms. The minimum atomic E-state index is -1.20. The molecule has 0 spiro atoms. The van der Waals surface area contributed by atoms with Crippen LogP contribution in [0.15, 0.2) is 0 Å². The molecular weight excluding hydrogens is 190 g/mol. The average molecular weight is 207 g/mol. The summed E-state index contributed by atoms with van der Waals surface area (Å²) in [6.07, 6.45) is -0.299. The summed E-state index contributed by atoms with van der Waals surface area (Å²) >= 11 is 0. The Morgan fingerprint density at radius 2 is 1.86 bits per heavy atom. The summed E-state index contributed by atoms with van der Waals surface area (Å²) in [5.41, 5.74) is 4.53. The number of esters is 1. The van der Waals surface area contributed by atoms with Gasteiger partial charge < -0.3 is 21.1 Å². The van der Waals surface area contributed by atoms with Gasteiger partial charge in [-0.15, -0.1) is 0 Å². The molecule has 0 bridgehead atoms. The third-order valence-electron chi connectivity index (χ3n) is 1.12. The van der Waals surface area contributed by atoms with Crippen molar-refractivity contribution in [2.24, 2.45) is 5.73 Å². The Morgan fingerprint density at radius 3 is 2.14 bits per heavy atom. The van der Waals surface area contributed by atoms with E-state index in [1.165, 1.54) is 0 Å². The smallest absolute Gasteiger partial charge is 0.321 e. The van der Waals surface area contributed by atoms with Crippen molar-refractivity contribution in [3.8, 4) is 0 Å². The highest BCUT2D eigenvalue weighted by atomic mass is 16.6. The fourth-order valence-corrected chi connectivity index (χ4v) is 0.650. The quantitative estimate of drug-likeness (QED) is 0.593. The van der Waals surface area contributed by atoms with Gasteiger partial charge in [-0.3, -0.25) is 9.59 Å². The maximum absolute atomic E-state index is 11.0. The maximum atomic E-state index is 11.0. The maximum Gasteiger partial charge on any atom is 0.321 e. The standard InChI is InChI=1S/C8H15NO4.H2O/c1-8(2,3)13-6(10)4-5(9)7(11)12;/h5H,4,9H2,1-3H3,(H,11,12);1H2/t5-;/m1./s1. The van der Waals surface area contributed by atoms with Crippen LogP contribution in [-0.2, 0) is 14.3 Å². The topological polar surface area (TPSA) is 121 Å². The summed E-state index contributed by atoms with van der Waals surface area (Å²) in [7, 11) is 0. The van der Waals surface area contributed by atoms with Crippen molar-refractivity contribution in [1.82, 2.24) is 0 Å². The van der Waals surface area contributed by atoms with Crippen LogP contribution in [0.1, 0.15) is 27.2 Å². The molecule has 0 aliphatic carbocycles. The van der Waals surface area contributed by atoms with Crippen LogP contribution in [0.4, 0.5) is 0 Å². The van der Waals surface area contributed by atoms with E-state index in [0.717, 1.165) is 0 Å². The summed E-state index contributed by atoms with van der Waals surface area (Å²) in [6.45, 7) is 5.12. The first kappa shape index (κ1) is 15.3. The largest absolute Gasteiger partial charge is 0.480 e. The van der Waals surface area contributed by atoms with Gasteiger partial charge in [0.25, 0.3) is 0 Å². The fourth-order valence-electron chi connectivity index (χ4n) is 0.650. The number of carboxylic acid groups (broad SMARTS) is 1. The lowest BCUT2D eigenvalue weighted by Gasteiger charge is -2.19. The van der Waals surface area contributed by atoms with E-state index in [2.05, 4.69) is 0 Å². The Morgan fingerprint density at radius 1 is 1.43 bits per heavy atom. The lowest BCUT2D eigenvalue weighted by molar-refractivity contribution is -0.157. The van der Waals surface area contributed by atoms with Crippen LogP contribution < -0.4 is 5.73 Å². The molecule has 84 valence electrons. The van der Waals surface area contributed by atoms with E-state index in [-0.39, 0.29) is 11.9 Å². The SMILES string of the molecule is CC(C)(C)OC(=O)C[C@@H](N)C(=O)O.O. The normalized spacial score (nSPS) is 12.6. The van der Waals surface area contributed by atoms with Gasteiger partial charge in [0.05, 0.1) is 6.42 Å². The first-order valence-corrected chi connectivity index (χ1v) is 3.92. The minimum absolute atomic E-state index is 0. The molecule has 5 N–H and O–H groups in total. The fraction of sp³-hybridized carbons (Fsp3) is 0.750. The van der Waals surface area contributed by atoms with Crippen molar-refractivity contribution < 1.29 is 24.9 Å². The Kier molecular flexibility index (Phi) is 6.09. The minimum Gasteiger partial charge on any atom is -0.480 e. The molecule has 0 aromatic carbocycles. The molecule has 0 aliphatic heterocycles. The molecule has 0 unspecified atom stereocenters. The zero-order valence-electron chi connectivity index (χ0n) is 8.53. The Bertz CT molecular complexity index is 208. The van der Waals surface area contributed by atoms with Gasteiger partial charge in [-0.05, 0) is 20.8 Å². The van der Waals surface area contributed by atoms with E-state index >= 15 is 0 Å². The summed E-state index contributed by atoms with van der Waals surface area (Å²) in [4.78, 5) is 21.3. The van der Waals surface area contributed by atoms with Crippen LogP contribution in [0, 0.1) is 0 Å². The third kappa shape index (κ3) is 7.51. The second kappa shape index (κ2) is 5.56. The zero-order chi connectivity index (χ0) is 10.6. The van der Waals surface area contributed by atoms with E-state index in [9.17, 15) is 9.59 Å². The lowest BCUT2D eigenvalue weighted by Crippen LogP contribution is -2.35. The van der Waals surface area contributed by atoms with Crippen LogP contribution in [0.2, 0.25) is 0 Å². The van der Waals surface area contributed by atoms with Crippen molar-refractivity contribution in [3.63, 3.8) is 0 Å². The van der Waals surface area contributed by atoms with Gasteiger partial charge in [0.15, 0.2) is 0 Å². The number of aliphatic carboxylic acids is 1. The first-order valence-electron chi connectivity index (χ1n) is 3.92. The van der Waals surface area contributed by atoms with E-state index in [0.29, 0.717) is 0 Å². The number of carbonyl (C=O) groups is 2. The second-order valence-corrected chi connectivity index (χ2v) is 3.74. The second-order valence-electron chi connectivity index (χ2n) is 3.74. The Labute approximate surface area is 82.3 Å². The van der Waals surface area contributed by atoms with Gasteiger partial charge in [-0.1, -0.05) is 0 Å². The van der Waals surface area contributed by atoms with Crippen LogP contribution in [0.5, 0.6) is 0 Å². The number of hydrogen-bond acceptors (Lipinski definition) is 4. The van der Waals surface area contributed by atoms with Crippen LogP contribution in [-0.4, -0.2) is 34.2 Å². The summed E-state index contributed by atoms with van der Waals surface area (Å²) in [6, 6.07) is -1.19. The van der Waals surface area contributed by atoms with Gasteiger partial charge in [0.1, 0.15) is 11.6 Å². The highest BCUT2D eigenvalue weighted by molar-refractivity contribution is 5.81. The predicted molar refractivity (Wildman–Crippen MR) is 49.7 cm³/mol. The lowest BCUT2D eigenvalue weighted by atomic mass is 10.2. The Hall–Kier alpha value is -1.14. The average Bonchev–Trinajstić information content (AvgIpc) is 1.81. The van der Waals surface area contributed by atoms with Gasteiger partial charge >= 0.3 is 11.9 Å². The van der Waals surface area contributed by atoms with E-state index in [1.54, 1.807) is 20.8 Å². The van der Waals surface area contributed by atoms with Crippen molar-refractivity contribution in [2.45, 2.75) is 38.8 Å². The Balaban J connectivity index is 0. The molecular formula is C8H17NO5. The van der Waals surface area contributed by atoms with Crippen LogP contribution in [0.25, 0.3) is 0 Å². The molecule has 6 nitrogen and oxygen atoms in total. The van der Waals surface area contributed by atoms with E-state index in [1.807, 2.05) is 0 Å². The summed E-state index contributed by atoms with van der Waals surface area (Å²) in [5, 5.41) is 8.40. The molecule has 0 saturated heterocycles. The van der Waals surface area contributed by atoms with Crippen molar-refractivity contribution >= 4 is 11.9 Å². The molecule has 0 saturated carbocycles. The molecule has 1 atom stereocenters. The highest BCUT2D eigenvalue weighted by Crippen LogP contribution is 2.08. The number of hydrogen-bond donors (Lipinski definition) is 2. The molecule has 6 heteroatoms. The van der Waals surface area contributed by atoms with Gasteiger partial charge in [-0.2, -0.15) is 0 Å². The number of nitrogens with two attached hydrogens (primary N) is 1. The van der Waals surface area contributed by atoms with Gasteiger partial charge in [0, 0.05) is 0 Å². The number of rotatable bonds is 3. The van der Waals surface area contributed by atoms with Crippen molar-refractivity contribution in [3.05, 3.63) is 0 Å². The molecule has 0 aliphatic rings. The zero-order valence-corrected chi connectivity index (χ0v) is 8.53. The summed E-state index contributed by atoms with van der Waals surface area (Å²) in [5.74, 6) is -1.80. The molecule has 0 radical (unpaired) electrons. The van der Waals surface area contributed by atoms with Gasteiger partial charge in [-0.25, -0.2) is 0 Å². The highest BCUT2D eigenvalue weighted by Gasteiger charge is 2.21. The van der Waals surface area contributed by atoms with Crippen molar-refractivity contribution in [2.75, 3.05) is 0 Å². The molecule has 0 heterocycles. The molecule has 0 amide bonds. The molecule has 0 aromatic heterocycles. The number of carbonyl (C=O) groups excluding carboxylic acids is 1. The molecule has 0 aromatic rings. The van der Waals surface area contributed by atoms with Crippen molar-refractivity contribution in [1.29, 1.82) is 0 Å². The van der Waals surface area contributed by atoms with E-state index in [4.69, 9.17) is 15.6 Å². The predicted octanol–water partition coefficient (Wildman–Crippen LogP) is -0.695. The van der Waals surface area contributed by atoms with Gasteiger partial charge in [0.2, 0.25) is 0 Å². The summed E-state index contributed by atoms with van der Waals surface area (Å²) < 4.78 is 4.88.